The van der Waals surface area contributed by atoms with E-state index < -0.39 is 6.10 Å². The zero-order valence-corrected chi connectivity index (χ0v) is 7.35. The van der Waals surface area contributed by atoms with Crippen LogP contribution in [0.3, 0.4) is 0 Å². The fourth-order valence-corrected chi connectivity index (χ4v) is 1.52. The van der Waals surface area contributed by atoms with E-state index in [1.54, 1.807) is 0 Å². The van der Waals surface area contributed by atoms with E-state index in [1.165, 1.54) is 0 Å². The van der Waals surface area contributed by atoms with Gasteiger partial charge in [-0.05, 0) is 17.6 Å². The smallest absolute Gasteiger partial charge is 0.101 e. The van der Waals surface area contributed by atoms with Gasteiger partial charge in [-0.15, -0.1) is 0 Å². The molecule has 1 aliphatic carbocycles. The fraction of sp³-hybridized carbons (Fsp3) is 0.167. The molecule has 0 saturated carbocycles. The maximum atomic E-state index is 9.91. The minimum absolute atomic E-state index is 0.434. The Morgan fingerprint density at radius 1 is 1.15 bits per heavy atom. The maximum Gasteiger partial charge on any atom is 0.101 e. The highest BCUT2D eigenvalue weighted by molar-refractivity contribution is 5.32. The van der Waals surface area contributed by atoms with Gasteiger partial charge in [-0.2, -0.15) is 0 Å². The van der Waals surface area contributed by atoms with Crippen LogP contribution in [0.1, 0.15) is 18.1 Å². The largest absolute Gasteiger partial charge is 0.384 e. The number of rotatable bonds is 2. The van der Waals surface area contributed by atoms with E-state index in [0.717, 1.165) is 17.6 Å². The van der Waals surface area contributed by atoms with Crippen molar-refractivity contribution in [2.45, 2.75) is 12.5 Å². The van der Waals surface area contributed by atoms with Gasteiger partial charge in [-0.3, -0.25) is 0 Å². The van der Waals surface area contributed by atoms with E-state index in [4.69, 9.17) is 0 Å². The molecular weight excluding hydrogens is 160 g/mol. The van der Waals surface area contributed by atoms with Crippen molar-refractivity contribution in [3.8, 4) is 0 Å². The lowest BCUT2D eigenvalue weighted by Gasteiger charge is -2.11. The molecule has 0 unspecified atom stereocenters. The predicted molar refractivity (Wildman–Crippen MR) is 53.2 cm³/mol. The van der Waals surface area contributed by atoms with Crippen LogP contribution >= 0.6 is 0 Å². The van der Waals surface area contributed by atoms with Crippen LogP contribution in [0.2, 0.25) is 0 Å². The first-order valence-corrected chi connectivity index (χ1v) is 4.46. The average Bonchev–Trinajstić information content (AvgIpc) is 2.71. The van der Waals surface area contributed by atoms with E-state index >= 15 is 0 Å². The van der Waals surface area contributed by atoms with Gasteiger partial charge in [0, 0.05) is 0 Å². The lowest BCUT2D eigenvalue weighted by atomic mass is 10.0. The quantitative estimate of drug-likeness (QED) is 0.727. The molecule has 13 heavy (non-hydrogen) atoms. The summed E-state index contributed by atoms with van der Waals surface area (Å²) in [5.41, 5.74) is 2.05. The molecule has 0 heterocycles. The summed E-state index contributed by atoms with van der Waals surface area (Å²) < 4.78 is 0. The maximum absolute atomic E-state index is 9.91. The number of hydrogen-bond acceptors (Lipinski definition) is 1. The fourth-order valence-electron chi connectivity index (χ4n) is 1.52. The molecule has 2 rings (SSSR count). The molecule has 1 heteroatoms. The summed E-state index contributed by atoms with van der Waals surface area (Å²) in [5, 5.41) is 9.91. The van der Waals surface area contributed by atoms with E-state index in [-0.39, 0.29) is 0 Å². The normalized spacial score (nSPS) is 17.2. The zero-order chi connectivity index (χ0) is 9.10. The van der Waals surface area contributed by atoms with Gasteiger partial charge in [0.2, 0.25) is 0 Å². The van der Waals surface area contributed by atoms with Gasteiger partial charge >= 0.3 is 0 Å². The van der Waals surface area contributed by atoms with Gasteiger partial charge in [0.1, 0.15) is 6.10 Å². The van der Waals surface area contributed by atoms with Gasteiger partial charge < -0.3 is 5.11 Å². The molecule has 0 amide bonds. The molecule has 66 valence electrons. The van der Waals surface area contributed by atoms with Crippen LogP contribution in [0, 0.1) is 0 Å². The summed E-state index contributed by atoms with van der Waals surface area (Å²) in [6, 6.07) is 9.74. The number of benzene rings is 1. The van der Waals surface area contributed by atoms with Crippen LogP contribution in [-0.4, -0.2) is 5.11 Å². The van der Waals surface area contributed by atoms with Crippen LogP contribution in [0.4, 0.5) is 0 Å². The number of allylic oxidation sites excluding steroid dienone is 3. The van der Waals surface area contributed by atoms with Crippen molar-refractivity contribution in [3.63, 3.8) is 0 Å². The van der Waals surface area contributed by atoms with Crippen LogP contribution in [0.25, 0.3) is 0 Å². The van der Waals surface area contributed by atoms with E-state index in [1.807, 2.05) is 42.5 Å². The molecular formula is C12H12O. The Morgan fingerprint density at radius 3 is 2.54 bits per heavy atom. The second kappa shape index (κ2) is 3.58. The molecule has 0 aromatic heterocycles. The molecule has 0 bridgehead atoms. The third kappa shape index (κ3) is 1.70. The monoisotopic (exact) mass is 172 g/mol. The topological polar surface area (TPSA) is 20.2 Å². The molecule has 1 nitrogen and oxygen atoms in total. The lowest BCUT2D eigenvalue weighted by molar-refractivity contribution is 0.214. The summed E-state index contributed by atoms with van der Waals surface area (Å²) in [6.45, 7) is 0. The number of hydrogen-bond donors (Lipinski definition) is 1. The van der Waals surface area contributed by atoms with Gasteiger partial charge in [0.05, 0.1) is 0 Å². The van der Waals surface area contributed by atoms with Crippen molar-refractivity contribution in [1.29, 1.82) is 0 Å². The first-order valence-electron chi connectivity index (χ1n) is 4.46. The molecule has 1 N–H and O–H groups in total. The van der Waals surface area contributed by atoms with Gasteiger partial charge in [0.25, 0.3) is 0 Å². The van der Waals surface area contributed by atoms with Crippen molar-refractivity contribution in [1.82, 2.24) is 0 Å². The molecule has 0 spiro atoms. The molecule has 1 aromatic carbocycles. The SMILES string of the molecule is O[C@H](C1=CC=CC1)c1ccccc1. The van der Waals surface area contributed by atoms with Crippen LogP contribution < -0.4 is 0 Å². The first-order chi connectivity index (χ1) is 6.38. The third-order valence-corrected chi connectivity index (χ3v) is 2.27. The average molecular weight is 172 g/mol. The van der Waals surface area contributed by atoms with Crippen molar-refractivity contribution in [2.75, 3.05) is 0 Å². The summed E-state index contributed by atoms with van der Waals surface area (Å²) in [7, 11) is 0. The number of aliphatic hydroxyl groups excluding tert-OH is 1. The summed E-state index contributed by atoms with van der Waals surface area (Å²) >= 11 is 0. The predicted octanol–water partition coefficient (Wildman–Crippen LogP) is 2.61. The standard InChI is InChI=1S/C12H12O/c13-12(11-8-4-5-9-11)10-6-2-1-3-7-10/h1-8,12-13H,9H2/t12-/m0/s1. The summed E-state index contributed by atoms with van der Waals surface area (Å²) in [5.74, 6) is 0. The second-order valence-corrected chi connectivity index (χ2v) is 3.19. The Kier molecular flexibility index (Phi) is 2.28. The van der Waals surface area contributed by atoms with Crippen molar-refractivity contribution in [2.24, 2.45) is 0 Å². The molecule has 0 saturated heterocycles. The minimum atomic E-state index is -0.434. The Bertz CT molecular complexity index is 335. The molecule has 0 radical (unpaired) electrons. The van der Waals surface area contributed by atoms with Crippen molar-refractivity contribution >= 4 is 0 Å². The lowest BCUT2D eigenvalue weighted by Crippen LogP contribution is -1.99. The highest BCUT2D eigenvalue weighted by Crippen LogP contribution is 2.26. The molecule has 1 atom stereocenters. The third-order valence-electron chi connectivity index (χ3n) is 2.27. The van der Waals surface area contributed by atoms with Crippen LogP contribution in [-0.2, 0) is 0 Å². The van der Waals surface area contributed by atoms with Gasteiger partial charge in [0.15, 0.2) is 0 Å². The van der Waals surface area contributed by atoms with Crippen molar-refractivity contribution in [3.05, 3.63) is 59.7 Å². The van der Waals surface area contributed by atoms with Crippen LogP contribution in [0.5, 0.6) is 0 Å². The summed E-state index contributed by atoms with van der Waals surface area (Å²) in [4.78, 5) is 0. The Hall–Kier alpha value is -1.34. The first kappa shape index (κ1) is 8.27. The molecule has 0 aliphatic heterocycles. The summed E-state index contributed by atoms with van der Waals surface area (Å²) in [6.07, 6.45) is 6.47. The van der Waals surface area contributed by atoms with E-state index in [2.05, 4.69) is 6.08 Å². The van der Waals surface area contributed by atoms with E-state index in [0.29, 0.717) is 0 Å². The Labute approximate surface area is 78.0 Å². The van der Waals surface area contributed by atoms with Gasteiger partial charge in [-0.1, -0.05) is 48.6 Å². The Balaban J connectivity index is 2.18. The molecule has 0 fully saturated rings. The van der Waals surface area contributed by atoms with Crippen molar-refractivity contribution < 1.29 is 5.11 Å². The van der Waals surface area contributed by atoms with E-state index in [9.17, 15) is 5.11 Å². The minimum Gasteiger partial charge on any atom is -0.384 e. The van der Waals surface area contributed by atoms with Crippen LogP contribution in [0.15, 0.2) is 54.1 Å². The molecule has 1 aliphatic rings. The van der Waals surface area contributed by atoms with Gasteiger partial charge in [-0.25, -0.2) is 0 Å². The number of aliphatic hydroxyl groups is 1. The zero-order valence-electron chi connectivity index (χ0n) is 7.35. The Morgan fingerprint density at radius 2 is 1.92 bits per heavy atom. The molecule has 1 aromatic rings. The highest BCUT2D eigenvalue weighted by Gasteiger charge is 2.12. The second-order valence-electron chi connectivity index (χ2n) is 3.19. The highest BCUT2D eigenvalue weighted by atomic mass is 16.3.